The molecule has 0 amide bonds. The van der Waals surface area contributed by atoms with Crippen LogP contribution in [0.2, 0.25) is 0 Å². The maximum Gasteiger partial charge on any atom is 0.0239 e. The van der Waals surface area contributed by atoms with Gasteiger partial charge in [0.25, 0.3) is 0 Å². The molecule has 0 unspecified atom stereocenters. The molecular formula is C91H74Ir3N6-6. The molecule has 6 nitrogen and oxygen atoms in total. The number of rotatable bonds is 9. The second kappa shape index (κ2) is 40.7. The molecular weight excluding hydrogens is 1750 g/mol. The van der Waals surface area contributed by atoms with E-state index in [1.165, 1.54) is 55.6 Å². The van der Waals surface area contributed by atoms with E-state index in [9.17, 15) is 0 Å². The van der Waals surface area contributed by atoms with Crippen LogP contribution in [0.25, 0.3) is 101 Å². The van der Waals surface area contributed by atoms with Gasteiger partial charge in [0.15, 0.2) is 0 Å². The van der Waals surface area contributed by atoms with Crippen LogP contribution >= 0.6 is 0 Å². The molecule has 0 aliphatic rings. The molecule has 15 rings (SSSR count). The number of pyridine rings is 6. The van der Waals surface area contributed by atoms with Gasteiger partial charge in [-0.25, -0.2) is 0 Å². The Bertz CT molecular complexity index is 4580. The Morgan fingerprint density at radius 3 is 0.720 bits per heavy atom. The summed E-state index contributed by atoms with van der Waals surface area (Å²) < 4.78 is 0. The first-order valence-electron chi connectivity index (χ1n) is 32.2. The SMILES string of the molecule is Cc1ccc(-c2[c-]cccc2)nc1.Cc1ccc(-c2[c-]cccc2)nc1.Cc1ccc(-c2[c-]cccc2)nc1.Cc1ccc(-c2ccc(-c3[c-]cccc3)nc2)cc1.Cc1ccc(-c2ccc(-c3[c-]cccc3)nc2)cc1C.Cc1cccc(-c2ccc(-c3[c-]cccc3)nc2)c1.[Ir].[Ir].[Ir]. The third-order valence-electron chi connectivity index (χ3n) is 15.5. The summed E-state index contributed by atoms with van der Waals surface area (Å²) in [5, 5.41) is 0. The van der Waals surface area contributed by atoms with Gasteiger partial charge >= 0.3 is 0 Å². The van der Waals surface area contributed by atoms with E-state index in [2.05, 4.69) is 203 Å². The van der Waals surface area contributed by atoms with E-state index in [1.807, 2.05) is 234 Å². The average Bonchev–Trinajstić information content (AvgIpc) is 0.881. The van der Waals surface area contributed by atoms with Crippen molar-refractivity contribution >= 4 is 0 Å². The smallest absolute Gasteiger partial charge is 0.0239 e. The Labute approximate surface area is 632 Å². The fourth-order valence-electron chi connectivity index (χ4n) is 9.86. The van der Waals surface area contributed by atoms with Gasteiger partial charge in [-0.15, -0.1) is 215 Å². The maximum atomic E-state index is 4.55. The van der Waals surface area contributed by atoms with Crippen molar-refractivity contribution in [1.29, 1.82) is 0 Å². The average molecular weight is 1830 g/mol. The number of benzene rings is 9. The van der Waals surface area contributed by atoms with Crippen LogP contribution < -0.4 is 0 Å². The van der Waals surface area contributed by atoms with Gasteiger partial charge < -0.3 is 29.9 Å². The summed E-state index contributed by atoms with van der Waals surface area (Å²) >= 11 is 0. The van der Waals surface area contributed by atoms with Crippen molar-refractivity contribution in [1.82, 2.24) is 29.9 Å². The van der Waals surface area contributed by atoms with E-state index in [-0.39, 0.29) is 60.3 Å². The second-order valence-corrected chi connectivity index (χ2v) is 23.2. The summed E-state index contributed by atoms with van der Waals surface area (Å²) in [5.74, 6) is 0. The standard InChI is InChI=1S/C19H16N.2C18H14N.3C12H10N.3Ir/c1-14-8-9-17(12-15(14)2)18-10-11-19(20-13-18)16-6-4-3-5-7-16;1-14-6-5-9-16(12-14)17-10-11-18(19-13-17)15-7-3-2-4-8-15;1-14-7-9-15(10-8-14)17-11-12-18(19-13-17)16-5-3-2-4-6-16;3*1-10-7-8-12(13-9-10)11-5-3-2-4-6-11;;;/h3-6,8-13H,1-2H3;2-7,9-13H,1H3;2-5,7-13H,1H3;3*2-5,7-9H,1H3;;;/q6*-1;;;. The van der Waals surface area contributed by atoms with Crippen LogP contribution in [-0.2, 0) is 60.3 Å². The van der Waals surface area contributed by atoms with Crippen molar-refractivity contribution in [2.24, 2.45) is 0 Å². The van der Waals surface area contributed by atoms with Gasteiger partial charge in [-0.05, 0) is 144 Å². The van der Waals surface area contributed by atoms with E-state index >= 15 is 0 Å². The molecule has 0 atom stereocenters. The molecule has 0 fully saturated rings. The van der Waals surface area contributed by atoms with Crippen molar-refractivity contribution in [3.63, 3.8) is 0 Å². The molecule has 3 radical (unpaired) electrons. The van der Waals surface area contributed by atoms with Crippen LogP contribution in [0.3, 0.4) is 0 Å². The van der Waals surface area contributed by atoms with Gasteiger partial charge in [0.2, 0.25) is 0 Å². The predicted octanol–water partition coefficient (Wildman–Crippen LogP) is 22.4. The second-order valence-electron chi connectivity index (χ2n) is 23.2. The minimum absolute atomic E-state index is 0. The molecule has 15 aromatic rings. The molecule has 0 spiro atoms. The monoisotopic (exact) mass is 1830 g/mol. The largest absolute Gasteiger partial charge is 0.304 e. The molecule has 0 saturated heterocycles. The van der Waals surface area contributed by atoms with Crippen molar-refractivity contribution in [2.45, 2.75) is 48.5 Å². The molecule has 6 aromatic heterocycles. The Hall–Kier alpha value is -10.2. The van der Waals surface area contributed by atoms with Crippen LogP contribution in [0.5, 0.6) is 0 Å². The van der Waals surface area contributed by atoms with Crippen molar-refractivity contribution in [2.75, 3.05) is 0 Å². The molecule has 0 N–H and O–H groups in total. The quantitative estimate of drug-likeness (QED) is 0.134. The normalized spacial score (nSPS) is 9.91. The summed E-state index contributed by atoms with van der Waals surface area (Å²) in [5.41, 5.74) is 27.8. The molecule has 0 bridgehead atoms. The fraction of sp³-hybridized carbons (Fsp3) is 0.0769. The van der Waals surface area contributed by atoms with Crippen molar-refractivity contribution in [3.8, 4) is 101 Å². The van der Waals surface area contributed by atoms with Crippen molar-refractivity contribution < 1.29 is 60.3 Å². The first kappa shape index (κ1) is 77.2. The third-order valence-corrected chi connectivity index (χ3v) is 15.5. The van der Waals surface area contributed by atoms with Crippen LogP contribution in [-0.4, -0.2) is 29.9 Å². The molecule has 501 valence electrons. The topological polar surface area (TPSA) is 77.3 Å². The predicted molar refractivity (Wildman–Crippen MR) is 401 cm³/mol. The van der Waals surface area contributed by atoms with E-state index in [0.717, 1.165) is 84.2 Å². The van der Waals surface area contributed by atoms with Gasteiger partial charge in [0.05, 0.1) is 0 Å². The maximum absolute atomic E-state index is 4.55. The Balaban J connectivity index is 0.000000169. The van der Waals surface area contributed by atoms with Crippen LogP contribution in [0, 0.1) is 84.9 Å². The number of aryl methyl sites for hydroxylation is 7. The van der Waals surface area contributed by atoms with Gasteiger partial charge in [0.1, 0.15) is 0 Å². The molecule has 0 aliphatic carbocycles. The van der Waals surface area contributed by atoms with Gasteiger partial charge in [-0.2, -0.15) is 0 Å². The Morgan fingerprint density at radius 2 is 0.460 bits per heavy atom. The van der Waals surface area contributed by atoms with Crippen LogP contribution in [0.15, 0.2) is 322 Å². The summed E-state index contributed by atoms with van der Waals surface area (Å²) in [7, 11) is 0. The first-order valence-corrected chi connectivity index (χ1v) is 32.2. The number of aromatic nitrogens is 6. The van der Waals surface area contributed by atoms with Crippen LogP contribution in [0.4, 0.5) is 0 Å². The van der Waals surface area contributed by atoms with E-state index in [1.54, 1.807) is 0 Å². The van der Waals surface area contributed by atoms with Gasteiger partial charge in [0, 0.05) is 97.5 Å². The Morgan fingerprint density at radius 1 is 0.190 bits per heavy atom. The fourth-order valence-corrected chi connectivity index (χ4v) is 9.86. The van der Waals surface area contributed by atoms with E-state index < -0.39 is 0 Å². The van der Waals surface area contributed by atoms with E-state index in [4.69, 9.17) is 0 Å². The minimum atomic E-state index is 0. The first-order chi connectivity index (χ1) is 47.5. The summed E-state index contributed by atoms with van der Waals surface area (Å²) in [6.45, 7) is 14.6. The Kier molecular flexibility index (Phi) is 31.4. The molecule has 0 aliphatic heterocycles. The number of hydrogen-bond acceptors (Lipinski definition) is 6. The molecule has 9 heteroatoms. The third kappa shape index (κ3) is 23.8. The van der Waals surface area contributed by atoms with Crippen LogP contribution in [0.1, 0.15) is 38.9 Å². The zero-order valence-corrected chi connectivity index (χ0v) is 64.0. The van der Waals surface area contributed by atoms with Crippen molar-refractivity contribution in [3.05, 3.63) is 398 Å². The number of nitrogens with zero attached hydrogens (tertiary/aromatic N) is 6. The molecule has 9 aromatic carbocycles. The van der Waals surface area contributed by atoms with E-state index in [0.29, 0.717) is 0 Å². The molecule has 0 saturated carbocycles. The van der Waals surface area contributed by atoms with Gasteiger partial charge in [-0.1, -0.05) is 151 Å². The summed E-state index contributed by atoms with van der Waals surface area (Å²) in [4.78, 5) is 26.5. The van der Waals surface area contributed by atoms with Gasteiger partial charge in [-0.3, -0.25) is 0 Å². The minimum Gasteiger partial charge on any atom is -0.304 e. The molecule has 6 heterocycles. The molecule has 100 heavy (non-hydrogen) atoms. The summed E-state index contributed by atoms with van der Waals surface area (Å²) in [6.07, 6.45) is 11.4. The zero-order chi connectivity index (χ0) is 67.4. The zero-order valence-electron chi connectivity index (χ0n) is 56.8. The summed E-state index contributed by atoms with van der Waals surface area (Å²) in [6, 6.07) is 114. The number of hydrogen-bond donors (Lipinski definition) is 0.